The fourth-order valence-electron chi connectivity index (χ4n) is 4.08. The second-order valence-corrected chi connectivity index (χ2v) is 7.34. The number of rotatable bonds is 7. The van der Waals surface area contributed by atoms with Crippen molar-refractivity contribution in [2.24, 2.45) is 0 Å². The summed E-state index contributed by atoms with van der Waals surface area (Å²) >= 11 is 0. The molecule has 0 bridgehead atoms. The van der Waals surface area contributed by atoms with E-state index < -0.39 is 0 Å². The number of benzene rings is 2. The minimum absolute atomic E-state index is 0.0132. The van der Waals surface area contributed by atoms with Gasteiger partial charge in [-0.15, -0.1) is 0 Å². The van der Waals surface area contributed by atoms with Crippen LogP contribution in [0.4, 0.5) is 0 Å². The third kappa shape index (κ3) is 4.23. The van der Waals surface area contributed by atoms with E-state index in [0.717, 1.165) is 49.7 Å². The molecule has 1 unspecified atom stereocenters. The van der Waals surface area contributed by atoms with Crippen molar-refractivity contribution in [2.75, 3.05) is 53.7 Å². The topological polar surface area (TPSA) is 57.2 Å². The maximum absolute atomic E-state index is 12.8. The average Bonchev–Trinajstić information content (AvgIpc) is 3.10. The van der Waals surface area contributed by atoms with Crippen molar-refractivity contribution in [3.8, 4) is 17.2 Å². The Bertz CT molecular complexity index is 858. The van der Waals surface area contributed by atoms with Crippen LogP contribution in [0.2, 0.25) is 0 Å². The molecule has 0 radical (unpaired) electrons. The van der Waals surface area contributed by atoms with Gasteiger partial charge in [0.2, 0.25) is 0 Å². The third-order valence-corrected chi connectivity index (χ3v) is 5.67. The van der Waals surface area contributed by atoms with Gasteiger partial charge in [0.1, 0.15) is 23.9 Å². The predicted octanol–water partition coefficient (Wildman–Crippen LogP) is 3.13. The highest BCUT2D eigenvalue weighted by molar-refractivity contribution is 6.03. The summed E-state index contributed by atoms with van der Waals surface area (Å²) in [6.45, 7) is 4.81. The fourth-order valence-corrected chi connectivity index (χ4v) is 4.08. The van der Waals surface area contributed by atoms with Crippen LogP contribution in [0.25, 0.3) is 0 Å². The number of hydrogen-bond donors (Lipinski definition) is 0. The summed E-state index contributed by atoms with van der Waals surface area (Å²) in [6.07, 6.45) is 0.440. The van der Waals surface area contributed by atoms with Gasteiger partial charge in [-0.1, -0.05) is 12.1 Å². The zero-order chi connectivity index (χ0) is 20.2. The Labute approximate surface area is 171 Å². The molecule has 0 amide bonds. The molecule has 1 aliphatic heterocycles. The second kappa shape index (κ2) is 8.84. The minimum Gasteiger partial charge on any atom is -0.497 e. The van der Waals surface area contributed by atoms with Crippen molar-refractivity contribution in [2.45, 2.75) is 12.3 Å². The highest BCUT2D eigenvalue weighted by Gasteiger charge is 2.34. The van der Waals surface area contributed by atoms with E-state index in [1.54, 1.807) is 14.2 Å². The van der Waals surface area contributed by atoms with Gasteiger partial charge in [-0.25, -0.2) is 0 Å². The lowest BCUT2D eigenvalue weighted by atomic mass is 9.92. The summed E-state index contributed by atoms with van der Waals surface area (Å²) in [4.78, 5) is 15.1. The first-order chi connectivity index (χ1) is 14.2. The van der Waals surface area contributed by atoms with E-state index >= 15 is 0 Å². The summed E-state index contributed by atoms with van der Waals surface area (Å²) in [7, 11) is 3.29. The molecule has 1 atom stereocenters. The Morgan fingerprint density at radius 3 is 2.48 bits per heavy atom. The molecule has 2 aromatic rings. The van der Waals surface area contributed by atoms with E-state index in [1.807, 2.05) is 36.4 Å². The zero-order valence-corrected chi connectivity index (χ0v) is 17.0. The normalized spacial score (nSPS) is 19.1. The van der Waals surface area contributed by atoms with Gasteiger partial charge in [0.15, 0.2) is 5.78 Å². The molecule has 6 nitrogen and oxygen atoms in total. The molecule has 1 heterocycles. The molecule has 6 heteroatoms. The molecular formula is C23H27NO5. The first-order valence-electron chi connectivity index (χ1n) is 10.0. The largest absolute Gasteiger partial charge is 0.497 e. The molecule has 1 fully saturated rings. The summed E-state index contributed by atoms with van der Waals surface area (Å²) in [6, 6.07) is 11.6. The van der Waals surface area contributed by atoms with E-state index in [4.69, 9.17) is 18.9 Å². The maximum atomic E-state index is 12.8. The summed E-state index contributed by atoms with van der Waals surface area (Å²) in [5.41, 5.74) is 2.73. The summed E-state index contributed by atoms with van der Waals surface area (Å²) in [5.74, 6) is 2.29. The van der Waals surface area contributed by atoms with E-state index in [0.29, 0.717) is 30.1 Å². The summed E-state index contributed by atoms with van der Waals surface area (Å²) < 4.78 is 22.2. The van der Waals surface area contributed by atoms with Crippen LogP contribution >= 0.6 is 0 Å². The lowest BCUT2D eigenvalue weighted by Crippen LogP contribution is -2.38. The number of ether oxygens (including phenoxy) is 4. The van der Waals surface area contributed by atoms with Crippen LogP contribution in [0.3, 0.4) is 0 Å². The summed E-state index contributed by atoms with van der Waals surface area (Å²) in [5, 5.41) is 0. The van der Waals surface area contributed by atoms with Crippen LogP contribution in [0.1, 0.15) is 33.8 Å². The van der Waals surface area contributed by atoms with Crippen molar-refractivity contribution in [3.05, 3.63) is 53.1 Å². The van der Waals surface area contributed by atoms with Crippen LogP contribution < -0.4 is 14.2 Å². The lowest BCUT2D eigenvalue weighted by molar-refractivity contribution is 0.0322. The van der Waals surface area contributed by atoms with Gasteiger partial charge < -0.3 is 18.9 Å². The molecule has 0 saturated carbocycles. The first kappa shape index (κ1) is 19.7. The number of nitrogens with zero attached hydrogens (tertiary/aromatic N) is 1. The number of Topliss-reactive ketones (excluding diaryl/α,β-unsaturated/α-hetero) is 1. The molecule has 1 aliphatic carbocycles. The number of carbonyl (C=O) groups excluding carboxylic acids is 1. The van der Waals surface area contributed by atoms with Crippen LogP contribution in [0.15, 0.2) is 36.4 Å². The number of hydrogen-bond acceptors (Lipinski definition) is 6. The van der Waals surface area contributed by atoms with Crippen LogP contribution in [0, 0.1) is 0 Å². The van der Waals surface area contributed by atoms with Crippen LogP contribution in [-0.4, -0.2) is 64.4 Å². The molecular weight excluding hydrogens is 370 g/mol. The fraction of sp³-hybridized carbons (Fsp3) is 0.435. The molecule has 154 valence electrons. The molecule has 0 spiro atoms. The van der Waals surface area contributed by atoms with Gasteiger partial charge in [-0.3, -0.25) is 9.69 Å². The molecule has 29 heavy (non-hydrogen) atoms. The highest BCUT2D eigenvalue weighted by Crippen LogP contribution is 2.45. The van der Waals surface area contributed by atoms with Gasteiger partial charge in [0, 0.05) is 49.2 Å². The Kier molecular flexibility index (Phi) is 6.02. The highest BCUT2D eigenvalue weighted by atomic mass is 16.5. The first-order valence-corrected chi connectivity index (χ1v) is 10.0. The molecule has 4 rings (SSSR count). The monoisotopic (exact) mass is 397 g/mol. The van der Waals surface area contributed by atoms with Crippen LogP contribution in [0.5, 0.6) is 17.2 Å². The molecule has 2 aromatic carbocycles. The number of carbonyl (C=O) groups is 1. The van der Waals surface area contributed by atoms with Gasteiger partial charge in [0.25, 0.3) is 0 Å². The molecule has 2 aliphatic rings. The lowest BCUT2D eigenvalue weighted by Gasteiger charge is -2.26. The predicted molar refractivity (Wildman–Crippen MR) is 110 cm³/mol. The van der Waals surface area contributed by atoms with Gasteiger partial charge in [0.05, 0.1) is 27.4 Å². The van der Waals surface area contributed by atoms with Crippen molar-refractivity contribution in [3.63, 3.8) is 0 Å². The Morgan fingerprint density at radius 1 is 1.03 bits per heavy atom. The number of ketones is 1. The van der Waals surface area contributed by atoms with E-state index in [9.17, 15) is 4.79 Å². The number of methoxy groups -OCH3 is 2. The average molecular weight is 397 g/mol. The second-order valence-electron chi connectivity index (χ2n) is 7.34. The van der Waals surface area contributed by atoms with E-state index in [2.05, 4.69) is 4.90 Å². The standard InChI is InChI=1S/C23H27NO5/c1-26-17-5-3-16(4-6-17)19-15-21(25)20-13-18(14-22(27-2)23(19)20)29-12-9-24-7-10-28-11-8-24/h3-6,13-14,19H,7-12,15H2,1-2H3. The third-order valence-electron chi connectivity index (χ3n) is 5.67. The SMILES string of the molecule is COc1ccc(C2CC(=O)c3cc(OCCN4CCOCC4)cc(OC)c32)cc1. The van der Waals surface area contributed by atoms with Crippen LogP contribution in [-0.2, 0) is 4.74 Å². The zero-order valence-electron chi connectivity index (χ0n) is 17.0. The molecule has 0 N–H and O–H groups in total. The maximum Gasteiger partial charge on any atom is 0.164 e. The van der Waals surface area contributed by atoms with E-state index in [1.165, 1.54) is 0 Å². The van der Waals surface area contributed by atoms with Gasteiger partial charge >= 0.3 is 0 Å². The smallest absolute Gasteiger partial charge is 0.164 e. The van der Waals surface area contributed by atoms with Gasteiger partial charge in [-0.05, 0) is 23.8 Å². The molecule has 0 aromatic heterocycles. The van der Waals surface area contributed by atoms with Crippen molar-refractivity contribution >= 4 is 5.78 Å². The molecule has 1 saturated heterocycles. The minimum atomic E-state index is -0.0132. The van der Waals surface area contributed by atoms with Crippen molar-refractivity contribution in [1.82, 2.24) is 4.90 Å². The number of fused-ring (bicyclic) bond motifs is 1. The van der Waals surface area contributed by atoms with E-state index in [-0.39, 0.29) is 11.7 Å². The Morgan fingerprint density at radius 2 is 1.79 bits per heavy atom. The Hall–Kier alpha value is -2.57. The number of morpholine rings is 1. The van der Waals surface area contributed by atoms with Gasteiger partial charge in [-0.2, -0.15) is 0 Å². The van der Waals surface area contributed by atoms with Crippen molar-refractivity contribution in [1.29, 1.82) is 0 Å². The van der Waals surface area contributed by atoms with Crippen molar-refractivity contribution < 1.29 is 23.7 Å². The quantitative estimate of drug-likeness (QED) is 0.716. The Balaban J connectivity index is 1.53.